The Kier molecular flexibility index (Phi) is 5.79. The van der Waals surface area contributed by atoms with E-state index in [1.54, 1.807) is 0 Å². The molecule has 0 saturated carbocycles. The third-order valence-corrected chi connectivity index (χ3v) is 5.27. The van der Waals surface area contributed by atoms with Gasteiger partial charge in [-0.15, -0.1) is 0 Å². The first-order chi connectivity index (χ1) is 7.16. The summed E-state index contributed by atoms with van der Waals surface area (Å²) >= 11 is 3.35. The molecule has 0 spiro atoms. The summed E-state index contributed by atoms with van der Waals surface area (Å²) in [5.41, 5.74) is 0. The normalized spacial score (nSPS) is 27.1. The Bertz CT molecular complexity index is 226. The molecular formula is C9H18BrO4P. The fraction of sp³-hybridized carbons (Fsp3) is 1.00. The molecule has 0 aromatic rings. The van der Waals surface area contributed by atoms with Crippen molar-refractivity contribution >= 4 is 23.5 Å². The van der Waals surface area contributed by atoms with Crippen LogP contribution in [0, 0.1) is 0 Å². The van der Waals surface area contributed by atoms with Crippen LogP contribution in [0.5, 0.6) is 0 Å². The molecular weight excluding hydrogens is 283 g/mol. The third-order valence-electron chi connectivity index (χ3n) is 2.23. The molecule has 1 aliphatic heterocycles. The Hall–Kier alpha value is 0.590. The number of hydrogen-bond acceptors (Lipinski definition) is 4. The molecule has 0 N–H and O–H groups in total. The highest BCUT2D eigenvalue weighted by atomic mass is 79.9. The number of alkyl halides is 1. The predicted molar refractivity (Wildman–Crippen MR) is 62.5 cm³/mol. The van der Waals surface area contributed by atoms with Crippen LogP contribution in [-0.4, -0.2) is 30.5 Å². The number of ether oxygens (including phenoxy) is 1. The lowest BCUT2D eigenvalue weighted by Gasteiger charge is -2.22. The molecule has 1 rings (SSSR count). The molecule has 2 atom stereocenters. The van der Waals surface area contributed by atoms with Gasteiger partial charge in [0.1, 0.15) is 0 Å². The number of halogens is 1. The SMILES string of the molecule is CCOP(=O)(OCC)C1CCC(CBr)O1. The van der Waals surface area contributed by atoms with Crippen molar-refractivity contribution in [3.05, 3.63) is 0 Å². The second-order valence-corrected chi connectivity index (χ2v) is 6.14. The largest absolute Gasteiger partial charge is 0.361 e. The van der Waals surface area contributed by atoms with Gasteiger partial charge in [0.05, 0.1) is 19.3 Å². The van der Waals surface area contributed by atoms with Gasteiger partial charge in [-0.25, -0.2) is 0 Å². The summed E-state index contributed by atoms with van der Waals surface area (Å²) in [6.07, 6.45) is 1.78. The maximum absolute atomic E-state index is 12.3. The molecule has 0 aromatic carbocycles. The van der Waals surface area contributed by atoms with Crippen molar-refractivity contribution in [1.82, 2.24) is 0 Å². The van der Waals surface area contributed by atoms with Crippen molar-refractivity contribution < 1.29 is 18.3 Å². The maximum Gasteiger partial charge on any atom is 0.359 e. The fourth-order valence-electron chi connectivity index (χ4n) is 1.60. The van der Waals surface area contributed by atoms with Gasteiger partial charge < -0.3 is 13.8 Å². The van der Waals surface area contributed by atoms with Gasteiger partial charge in [0.25, 0.3) is 0 Å². The van der Waals surface area contributed by atoms with Crippen LogP contribution in [0.3, 0.4) is 0 Å². The first-order valence-corrected chi connectivity index (χ1v) is 7.99. The summed E-state index contributed by atoms with van der Waals surface area (Å²) < 4.78 is 28.4. The van der Waals surface area contributed by atoms with Crippen LogP contribution in [0.15, 0.2) is 0 Å². The van der Waals surface area contributed by atoms with Crippen LogP contribution in [0.2, 0.25) is 0 Å². The van der Waals surface area contributed by atoms with Gasteiger partial charge in [0, 0.05) is 5.33 Å². The summed E-state index contributed by atoms with van der Waals surface area (Å²) in [6, 6.07) is 0. The fourth-order valence-corrected chi connectivity index (χ4v) is 3.99. The summed E-state index contributed by atoms with van der Waals surface area (Å²) in [5.74, 6) is -0.389. The molecule has 1 fully saturated rings. The standard InChI is InChI=1S/C9H18BrO4P/c1-3-12-15(11,13-4-2)9-6-5-8(7-10)14-9/h8-9H,3-7H2,1-2H3. The Morgan fingerprint density at radius 1 is 1.33 bits per heavy atom. The van der Waals surface area contributed by atoms with Gasteiger partial charge in [0.2, 0.25) is 0 Å². The average molecular weight is 301 g/mol. The van der Waals surface area contributed by atoms with Crippen LogP contribution < -0.4 is 0 Å². The van der Waals surface area contributed by atoms with Gasteiger partial charge in [0.15, 0.2) is 5.85 Å². The highest BCUT2D eigenvalue weighted by Gasteiger charge is 2.41. The zero-order valence-corrected chi connectivity index (χ0v) is 11.6. The number of hydrogen-bond donors (Lipinski definition) is 0. The molecule has 90 valence electrons. The van der Waals surface area contributed by atoms with Crippen LogP contribution in [0.1, 0.15) is 26.7 Å². The number of rotatable bonds is 6. The first-order valence-electron chi connectivity index (χ1n) is 5.26. The minimum absolute atomic E-state index is 0.129. The zero-order chi connectivity index (χ0) is 11.3. The van der Waals surface area contributed by atoms with Crippen LogP contribution in [0.4, 0.5) is 0 Å². The Labute approximate surface area is 99.3 Å². The van der Waals surface area contributed by atoms with Crippen molar-refractivity contribution in [2.45, 2.75) is 38.6 Å². The second kappa shape index (κ2) is 6.36. The van der Waals surface area contributed by atoms with Gasteiger partial charge in [-0.3, -0.25) is 4.57 Å². The molecule has 4 nitrogen and oxygen atoms in total. The molecule has 0 aromatic heterocycles. The average Bonchev–Trinajstić information content (AvgIpc) is 2.67. The quantitative estimate of drug-likeness (QED) is 0.558. The summed E-state index contributed by atoms with van der Waals surface area (Å²) in [7, 11) is -3.06. The summed E-state index contributed by atoms with van der Waals surface area (Å²) in [4.78, 5) is 0. The minimum atomic E-state index is -3.06. The van der Waals surface area contributed by atoms with Crippen LogP contribution in [0.25, 0.3) is 0 Å². The molecule has 0 aliphatic carbocycles. The molecule has 15 heavy (non-hydrogen) atoms. The highest BCUT2D eigenvalue weighted by molar-refractivity contribution is 9.09. The maximum atomic E-state index is 12.3. The van der Waals surface area contributed by atoms with E-state index >= 15 is 0 Å². The van der Waals surface area contributed by atoms with E-state index in [1.807, 2.05) is 13.8 Å². The molecule has 1 saturated heterocycles. The molecule has 1 aliphatic rings. The van der Waals surface area contributed by atoms with Gasteiger partial charge in [-0.05, 0) is 26.7 Å². The van der Waals surface area contributed by atoms with Crippen molar-refractivity contribution in [1.29, 1.82) is 0 Å². The second-order valence-electron chi connectivity index (χ2n) is 3.32. The molecule has 0 bridgehead atoms. The lowest BCUT2D eigenvalue weighted by atomic mass is 10.3. The molecule has 0 radical (unpaired) electrons. The predicted octanol–water partition coefficient (Wildman–Crippen LogP) is 3.15. The Morgan fingerprint density at radius 2 is 1.93 bits per heavy atom. The van der Waals surface area contributed by atoms with Gasteiger partial charge >= 0.3 is 7.60 Å². The van der Waals surface area contributed by atoms with E-state index in [1.165, 1.54) is 0 Å². The van der Waals surface area contributed by atoms with Crippen LogP contribution in [-0.2, 0) is 18.3 Å². The molecule has 2 unspecified atom stereocenters. The summed E-state index contributed by atoms with van der Waals surface area (Å²) in [6.45, 7) is 4.39. The lowest BCUT2D eigenvalue weighted by molar-refractivity contribution is 0.0731. The first kappa shape index (κ1) is 13.7. The monoisotopic (exact) mass is 300 g/mol. The van der Waals surface area contributed by atoms with Crippen molar-refractivity contribution in [3.63, 3.8) is 0 Å². The summed E-state index contributed by atoms with van der Waals surface area (Å²) in [5, 5.41) is 0.766. The van der Waals surface area contributed by atoms with E-state index in [4.69, 9.17) is 13.8 Å². The van der Waals surface area contributed by atoms with Crippen LogP contribution >= 0.6 is 23.5 Å². The smallest absolute Gasteiger partial charge is 0.359 e. The Morgan fingerprint density at radius 3 is 2.33 bits per heavy atom. The zero-order valence-electron chi connectivity index (χ0n) is 9.15. The minimum Gasteiger partial charge on any atom is -0.361 e. The van der Waals surface area contributed by atoms with Crippen molar-refractivity contribution in [2.24, 2.45) is 0 Å². The Balaban J connectivity index is 2.61. The molecule has 6 heteroatoms. The third kappa shape index (κ3) is 3.53. The van der Waals surface area contributed by atoms with E-state index in [0.29, 0.717) is 13.2 Å². The van der Waals surface area contributed by atoms with Crippen molar-refractivity contribution in [3.8, 4) is 0 Å². The molecule has 0 amide bonds. The van der Waals surface area contributed by atoms with Crippen molar-refractivity contribution in [2.75, 3.05) is 18.5 Å². The van der Waals surface area contributed by atoms with E-state index in [2.05, 4.69) is 15.9 Å². The van der Waals surface area contributed by atoms with E-state index in [9.17, 15) is 4.57 Å². The van der Waals surface area contributed by atoms with E-state index < -0.39 is 7.60 Å². The van der Waals surface area contributed by atoms with Gasteiger partial charge in [-0.1, -0.05) is 15.9 Å². The topological polar surface area (TPSA) is 44.8 Å². The molecule has 1 heterocycles. The lowest BCUT2D eigenvalue weighted by Crippen LogP contribution is -2.15. The van der Waals surface area contributed by atoms with E-state index in [0.717, 1.165) is 18.2 Å². The van der Waals surface area contributed by atoms with Gasteiger partial charge in [-0.2, -0.15) is 0 Å². The van der Waals surface area contributed by atoms with E-state index in [-0.39, 0.29) is 11.9 Å². The highest BCUT2D eigenvalue weighted by Crippen LogP contribution is 2.57.